The molecule has 0 spiro atoms. The molecule has 3 aromatic rings. The first-order valence-corrected chi connectivity index (χ1v) is 5.99. The maximum Gasteiger partial charge on any atom is 0.226 e. The van der Waals surface area contributed by atoms with Gasteiger partial charge in [0, 0.05) is 5.56 Å². The van der Waals surface area contributed by atoms with Gasteiger partial charge in [-0.15, -0.1) is 5.10 Å². The van der Waals surface area contributed by atoms with Crippen molar-refractivity contribution in [2.75, 3.05) is 5.73 Å². The zero-order valence-electron chi connectivity index (χ0n) is 10.7. The average Bonchev–Trinajstić information content (AvgIpc) is 3.02. The van der Waals surface area contributed by atoms with Crippen LogP contribution in [0.25, 0.3) is 11.5 Å². The summed E-state index contributed by atoms with van der Waals surface area (Å²) in [6, 6.07) is 5.95. The second-order valence-corrected chi connectivity index (χ2v) is 4.37. The number of halogens is 1. The van der Waals surface area contributed by atoms with Gasteiger partial charge >= 0.3 is 0 Å². The van der Waals surface area contributed by atoms with Crippen molar-refractivity contribution in [1.29, 1.82) is 0 Å². The fourth-order valence-electron chi connectivity index (χ4n) is 1.78. The molecule has 6 nitrogen and oxygen atoms in total. The maximum absolute atomic E-state index is 12.9. The van der Waals surface area contributed by atoms with Crippen molar-refractivity contribution in [2.24, 2.45) is 0 Å². The van der Waals surface area contributed by atoms with E-state index >= 15 is 0 Å². The Morgan fingerprint density at radius 1 is 1.30 bits per heavy atom. The van der Waals surface area contributed by atoms with Gasteiger partial charge in [-0.25, -0.2) is 14.1 Å². The van der Waals surface area contributed by atoms with Gasteiger partial charge in [0.05, 0.1) is 12.2 Å². The van der Waals surface area contributed by atoms with Crippen molar-refractivity contribution < 1.29 is 8.81 Å². The monoisotopic (exact) mass is 273 g/mol. The number of nitrogen functional groups attached to an aromatic ring is 1. The second-order valence-electron chi connectivity index (χ2n) is 4.37. The predicted octanol–water partition coefficient (Wildman–Crippen LogP) is 2.01. The highest BCUT2D eigenvalue weighted by atomic mass is 19.1. The molecule has 0 atom stereocenters. The molecule has 7 heteroatoms. The van der Waals surface area contributed by atoms with Crippen molar-refractivity contribution >= 4 is 5.82 Å². The third-order valence-corrected chi connectivity index (χ3v) is 2.97. The number of rotatable bonds is 3. The Morgan fingerprint density at radius 3 is 2.70 bits per heavy atom. The van der Waals surface area contributed by atoms with E-state index in [0.717, 1.165) is 5.69 Å². The lowest BCUT2D eigenvalue weighted by atomic mass is 10.2. The number of benzene rings is 1. The van der Waals surface area contributed by atoms with Gasteiger partial charge in [-0.2, -0.15) is 0 Å². The van der Waals surface area contributed by atoms with Crippen molar-refractivity contribution in [3.8, 4) is 11.5 Å². The number of oxazole rings is 1. The Balaban J connectivity index is 1.83. The van der Waals surface area contributed by atoms with E-state index in [2.05, 4.69) is 15.3 Å². The summed E-state index contributed by atoms with van der Waals surface area (Å²) in [5, 5.41) is 7.69. The van der Waals surface area contributed by atoms with Gasteiger partial charge in [0.15, 0.2) is 5.82 Å². The first-order valence-electron chi connectivity index (χ1n) is 5.99. The van der Waals surface area contributed by atoms with Crippen molar-refractivity contribution in [3.05, 3.63) is 47.7 Å². The molecule has 2 N–H and O–H groups in total. The number of nitrogens with zero attached hydrogens (tertiary/aromatic N) is 4. The molecule has 0 saturated carbocycles. The van der Waals surface area contributed by atoms with Crippen LogP contribution in [0.15, 0.2) is 34.9 Å². The number of anilines is 1. The molecule has 0 fully saturated rings. The molecule has 2 aromatic heterocycles. The molecule has 0 aliphatic rings. The van der Waals surface area contributed by atoms with Crippen LogP contribution in [0, 0.1) is 12.7 Å². The number of hydrogen-bond donors (Lipinski definition) is 1. The quantitative estimate of drug-likeness (QED) is 0.789. The molecule has 3 rings (SSSR count). The lowest BCUT2D eigenvalue weighted by Gasteiger charge is -1.98. The van der Waals surface area contributed by atoms with Crippen LogP contribution in [0.2, 0.25) is 0 Å². The summed E-state index contributed by atoms with van der Waals surface area (Å²) in [5.74, 6) is 0.534. The van der Waals surface area contributed by atoms with Gasteiger partial charge in [-0.05, 0) is 31.2 Å². The summed E-state index contributed by atoms with van der Waals surface area (Å²) in [7, 11) is 0. The first-order chi connectivity index (χ1) is 9.63. The fraction of sp³-hybridized carbons (Fsp3) is 0.154. The highest BCUT2D eigenvalue weighted by molar-refractivity contribution is 5.52. The number of hydrogen-bond acceptors (Lipinski definition) is 5. The Hall–Kier alpha value is -2.70. The molecule has 0 aliphatic carbocycles. The normalized spacial score (nSPS) is 10.9. The zero-order chi connectivity index (χ0) is 14.1. The van der Waals surface area contributed by atoms with Gasteiger partial charge in [0.25, 0.3) is 0 Å². The maximum atomic E-state index is 12.9. The van der Waals surface area contributed by atoms with E-state index in [1.807, 2.05) is 6.92 Å². The molecule has 0 amide bonds. The van der Waals surface area contributed by atoms with Crippen LogP contribution in [0.3, 0.4) is 0 Å². The lowest BCUT2D eigenvalue weighted by Crippen LogP contribution is -2.04. The van der Waals surface area contributed by atoms with E-state index in [4.69, 9.17) is 10.2 Å². The van der Waals surface area contributed by atoms with Crippen molar-refractivity contribution in [1.82, 2.24) is 20.0 Å². The average molecular weight is 273 g/mol. The van der Waals surface area contributed by atoms with Crippen molar-refractivity contribution in [3.63, 3.8) is 0 Å². The highest BCUT2D eigenvalue weighted by Gasteiger charge is 2.10. The molecule has 0 radical (unpaired) electrons. The Labute approximate surface area is 114 Å². The summed E-state index contributed by atoms with van der Waals surface area (Å²) >= 11 is 0. The molecule has 0 unspecified atom stereocenters. The summed E-state index contributed by atoms with van der Waals surface area (Å²) < 4.78 is 19.9. The van der Waals surface area contributed by atoms with E-state index in [9.17, 15) is 4.39 Å². The van der Waals surface area contributed by atoms with E-state index < -0.39 is 0 Å². The minimum Gasteiger partial charge on any atom is -0.444 e. The standard InChI is InChI=1S/C13H12FN5O/c1-8-12(15)17-18-19(8)6-11-7-20-13(16-11)9-2-4-10(14)5-3-9/h2-5,7H,6,15H2,1H3. The number of aromatic nitrogens is 4. The van der Waals surface area contributed by atoms with Crippen LogP contribution in [0.1, 0.15) is 11.4 Å². The van der Waals surface area contributed by atoms with E-state index in [1.165, 1.54) is 18.4 Å². The molecule has 2 heterocycles. The summed E-state index contributed by atoms with van der Waals surface area (Å²) in [6.07, 6.45) is 1.54. The number of nitrogens with two attached hydrogens (primary N) is 1. The van der Waals surface area contributed by atoms with Crippen LogP contribution in [-0.2, 0) is 6.54 Å². The molecule has 1 aromatic carbocycles. The smallest absolute Gasteiger partial charge is 0.226 e. The summed E-state index contributed by atoms with van der Waals surface area (Å²) in [5.41, 5.74) is 7.81. The molecule has 0 bridgehead atoms. The van der Waals surface area contributed by atoms with Crippen LogP contribution in [0.4, 0.5) is 10.2 Å². The predicted molar refractivity (Wildman–Crippen MR) is 70.2 cm³/mol. The Bertz CT molecular complexity index is 732. The summed E-state index contributed by atoms with van der Waals surface area (Å²) in [6.45, 7) is 2.25. The molecule has 0 saturated heterocycles. The van der Waals surface area contributed by atoms with Gasteiger partial charge in [-0.1, -0.05) is 5.21 Å². The topological polar surface area (TPSA) is 82.8 Å². The molecular weight excluding hydrogens is 261 g/mol. The summed E-state index contributed by atoms with van der Waals surface area (Å²) in [4.78, 5) is 4.34. The minimum absolute atomic E-state index is 0.297. The van der Waals surface area contributed by atoms with E-state index in [1.54, 1.807) is 16.8 Å². The third-order valence-electron chi connectivity index (χ3n) is 2.97. The van der Waals surface area contributed by atoms with E-state index in [-0.39, 0.29) is 5.82 Å². The SMILES string of the molecule is Cc1c(N)nnn1Cc1coc(-c2ccc(F)cc2)n1. The van der Waals surface area contributed by atoms with E-state index in [0.29, 0.717) is 29.5 Å². The van der Waals surface area contributed by atoms with Crippen LogP contribution in [-0.4, -0.2) is 20.0 Å². The molecule has 0 aliphatic heterocycles. The van der Waals surface area contributed by atoms with Crippen LogP contribution in [0.5, 0.6) is 0 Å². The highest BCUT2D eigenvalue weighted by Crippen LogP contribution is 2.19. The fourth-order valence-corrected chi connectivity index (χ4v) is 1.78. The van der Waals surface area contributed by atoms with Crippen molar-refractivity contribution in [2.45, 2.75) is 13.5 Å². The second kappa shape index (κ2) is 4.76. The zero-order valence-corrected chi connectivity index (χ0v) is 10.7. The Kier molecular flexibility index (Phi) is 2.94. The first kappa shape index (κ1) is 12.3. The largest absolute Gasteiger partial charge is 0.444 e. The van der Waals surface area contributed by atoms with Gasteiger partial charge in [0.1, 0.15) is 17.8 Å². The Morgan fingerprint density at radius 2 is 2.05 bits per heavy atom. The minimum atomic E-state index is -0.297. The molecule has 20 heavy (non-hydrogen) atoms. The van der Waals surface area contributed by atoms with Gasteiger partial charge in [-0.3, -0.25) is 0 Å². The van der Waals surface area contributed by atoms with Gasteiger partial charge < -0.3 is 10.2 Å². The molecule has 102 valence electrons. The van der Waals surface area contributed by atoms with Crippen LogP contribution < -0.4 is 5.73 Å². The van der Waals surface area contributed by atoms with Gasteiger partial charge in [0.2, 0.25) is 5.89 Å². The third kappa shape index (κ3) is 2.25. The van der Waals surface area contributed by atoms with Crippen LogP contribution >= 0.6 is 0 Å². The lowest BCUT2D eigenvalue weighted by molar-refractivity contribution is 0.566. The molecular formula is C13H12FN5O.